The Hall–Kier alpha value is -1.59. The second kappa shape index (κ2) is 4.26. The van der Waals surface area contributed by atoms with Gasteiger partial charge in [-0.3, -0.25) is 4.40 Å². The third kappa shape index (κ3) is 2.07. The Morgan fingerprint density at radius 2 is 1.94 bits per heavy atom. The van der Waals surface area contributed by atoms with Crippen molar-refractivity contribution < 1.29 is 13.2 Å². The molecule has 1 atom stereocenters. The van der Waals surface area contributed by atoms with Crippen molar-refractivity contribution in [2.24, 2.45) is 0 Å². The summed E-state index contributed by atoms with van der Waals surface area (Å²) >= 11 is 0. The van der Waals surface area contributed by atoms with Crippen LogP contribution in [0.5, 0.6) is 0 Å². The van der Waals surface area contributed by atoms with E-state index in [-0.39, 0.29) is 11.6 Å². The highest BCUT2D eigenvalue weighted by Gasteiger charge is 2.31. The van der Waals surface area contributed by atoms with Crippen LogP contribution in [-0.2, 0) is 6.18 Å². The molecule has 2 rings (SSSR count). The fraction of sp³-hybridized carbons (Fsp3) is 0.500. The summed E-state index contributed by atoms with van der Waals surface area (Å²) in [5.74, 6) is 0.870. The normalized spacial score (nSPS) is 14.1. The lowest BCUT2D eigenvalue weighted by molar-refractivity contribution is -0.137. The van der Waals surface area contributed by atoms with Crippen LogP contribution in [0.1, 0.15) is 43.3 Å². The van der Waals surface area contributed by atoms with Crippen LogP contribution in [0.4, 0.5) is 13.2 Å². The molecule has 1 unspecified atom stereocenters. The Balaban J connectivity index is 2.65. The summed E-state index contributed by atoms with van der Waals surface area (Å²) < 4.78 is 39.7. The lowest BCUT2D eigenvalue weighted by Crippen LogP contribution is -2.08. The van der Waals surface area contributed by atoms with Gasteiger partial charge in [0.1, 0.15) is 5.82 Å². The van der Waals surface area contributed by atoms with Gasteiger partial charge in [-0.1, -0.05) is 13.8 Å². The minimum absolute atomic E-state index is 0.162. The number of hydrogen-bond donors (Lipinski definition) is 0. The van der Waals surface area contributed by atoms with Gasteiger partial charge in [-0.2, -0.15) is 13.2 Å². The number of alkyl halides is 3. The van der Waals surface area contributed by atoms with E-state index >= 15 is 0 Å². The van der Waals surface area contributed by atoms with Crippen LogP contribution in [0.15, 0.2) is 12.1 Å². The summed E-state index contributed by atoms with van der Waals surface area (Å²) in [5.41, 5.74) is 0.0633. The van der Waals surface area contributed by atoms with Crippen LogP contribution in [0.3, 0.4) is 0 Å². The average molecular weight is 257 g/mol. The third-order valence-corrected chi connectivity index (χ3v) is 3.10. The molecular weight excluding hydrogens is 243 g/mol. The molecule has 0 aliphatic carbocycles. The van der Waals surface area contributed by atoms with E-state index in [0.717, 1.165) is 18.6 Å². The molecule has 0 aliphatic heterocycles. The second-order valence-corrected chi connectivity index (χ2v) is 4.44. The highest BCUT2D eigenvalue weighted by molar-refractivity contribution is 5.45. The predicted octanol–water partition coefficient (Wildman–Crippen LogP) is 3.57. The van der Waals surface area contributed by atoms with E-state index < -0.39 is 11.7 Å². The van der Waals surface area contributed by atoms with Gasteiger partial charge in [0.25, 0.3) is 0 Å². The van der Waals surface area contributed by atoms with Crippen molar-refractivity contribution in [3.8, 4) is 0 Å². The summed E-state index contributed by atoms with van der Waals surface area (Å²) in [4.78, 5) is 0. The Morgan fingerprint density at radius 1 is 1.28 bits per heavy atom. The fourth-order valence-electron chi connectivity index (χ4n) is 1.90. The molecular formula is C12H14F3N3. The van der Waals surface area contributed by atoms with Gasteiger partial charge in [-0.05, 0) is 25.5 Å². The number of fused-ring (bicyclic) bond motifs is 1. The van der Waals surface area contributed by atoms with E-state index in [9.17, 15) is 13.2 Å². The van der Waals surface area contributed by atoms with Crippen molar-refractivity contribution in [2.45, 2.75) is 39.3 Å². The highest BCUT2D eigenvalue weighted by Crippen LogP contribution is 2.31. The quantitative estimate of drug-likeness (QED) is 0.823. The number of hydrogen-bond acceptors (Lipinski definition) is 2. The maximum absolute atomic E-state index is 12.7. The second-order valence-electron chi connectivity index (χ2n) is 4.44. The molecule has 6 heteroatoms. The first-order chi connectivity index (χ1) is 8.34. The molecule has 2 aromatic heterocycles. The molecule has 0 aromatic carbocycles. The van der Waals surface area contributed by atoms with Gasteiger partial charge in [-0.15, -0.1) is 10.2 Å². The van der Waals surface area contributed by atoms with Crippen LogP contribution in [0.25, 0.3) is 5.65 Å². The monoisotopic (exact) mass is 257 g/mol. The van der Waals surface area contributed by atoms with Crippen LogP contribution < -0.4 is 0 Å². The molecule has 0 fully saturated rings. The van der Waals surface area contributed by atoms with Crippen molar-refractivity contribution in [3.05, 3.63) is 29.2 Å². The van der Waals surface area contributed by atoms with E-state index in [2.05, 4.69) is 10.2 Å². The Labute approximate surface area is 103 Å². The van der Waals surface area contributed by atoms with E-state index in [1.54, 1.807) is 11.3 Å². The van der Waals surface area contributed by atoms with Gasteiger partial charge in [0.15, 0.2) is 5.65 Å². The predicted molar refractivity (Wildman–Crippen MR) is 61.4 cm³/mol. The SMILES string of the molecule is CCC(C)c1nnc2cc(C(F)(F)F)cc(C)n12. The largest absolute Gasteiger partial charge is 0.416 e. The molecule has 0 aliphatic rings. The minimum Gasteiger partial charge on any atom is -0.283 e. The molecule has 0 saturated heterocycles. The van der Waals surface area contributed by atoms with Crippen molar-refractivity contribution >= 4 is 5.65 Å². The van der Waals surface area contributed by atoms with E-state index in [1.165, 1.54) is 0 Å². The molecule has 0 N–H and O–H groups in total. The molecule has 2 aromatic rings. The molecule has 98 valence electrons. The summed E-state index contributed by atoms with van der Waals surface area (Å²) in [6.45, 7) is 5.62. The lowest BCUT2D eigenvalue weighted by Gasteiger charge is -2.11. The summed E-state index contributed by atoms with van der Waals surface area (Å²) in [5, 5.41) is 7.83. The van der Waals surface area contributed by atoms with Gasteiger partial charge in [0, 0.05) is 11.6 Å². The van der Waals surface area contributed by atoms with E-state index in [1.807, 2.05) is 13.8 Å². The maximum atomic E-state index is 12.7. The zero-order chi connectivity index (χ0) is 13.5. The first kappa shape index (κ1) is 12.9. The zero-order valence-corrected chi connectivity index (χ0v) is 10.4. The number of halogens is 3. The van der Waals surface area contributed by atoms with Gasteiger partial charge >= 0.3 is 6.18 Å². The third-order valence-electron chi connectivity index (χ3n) is 3.10. The van der Waals surface area contributed by atoms with Crippen molar-refractivity contribution in [2.75, 3.05) is 0 Å². The molecule has 3 nitrogen and oxygen atoms in total. The van der Waals surface area contributed by atoms with Gasteiger partial charge in [0.2, 0.25) is 0 Å². The van der Waals surface area contributed by atoms with E-state index in [4.69, 9.17) is 0 Å². The van der Waals surface area contributed by atoms with E-state index in [0.29, 0.717) is 11.5 Å². The topological polar surface area (TPSA) is 30.2 Å². The van der Waals surface area contributed by atoms with Gasteiger partial charge in [0.05, 0.1) is 5.56 Å². The molecule has 0 bridgehead atoms. The molecule has 0 radical (unpaired) electrons. The smallest absolute Gasteiger partial charge is 0.283 e. The number of rotatable bonds is 2. The molecule has 18 heavy (non-hydrogen) atoms. The summed E-state index contributed by atoms with van der Waals surface area (Å²) in [6.07, 6.45) is -3.49. The minimum atomic E-state index is -4.35. The van der Waals surface area contributed by atoms with Gasteiger partial charge in [-0.25, -0.2) is 0 Å². The first-order valence-electron chi connectivity index (χ1n) is 5.77. The molecule has 0 spiro atoms. The summed E-state index contributed by atoms with van der Waals surface area (Å²) in [7, 11) is 0. The van der Waals surface area contributed by atoms with Crippen molar-refractivity contribution in [3.63, 3.8) is 0 Å². The maximum Gasteiger partial charge on any atom is 0.416 e. The number of aryl methyl sites for hydroxylation is 1. The van der Waals surface area contributed by atoms with Crippen LogP contribution >= 0.6 is 0 Å². The lowest BCUT2D eigenvalue weighted by atomic mass is 10.1. The fourth-order valence-corrected chi connectivity index (χ4v) is 1.90. The van der Waals surface area contributed by atoms with Crippen LogP contribution in [0, 0.1) is 6.92 Å². The Kier molecular flexibility index (Phi) is 3.04. The molecule has 0 amide bonds. The van der Waals surface area contributed by atoms with Crippen molar-refractivity contribution in [1.82, 2.24) is 14.6 Å². The first-order valence-corrected chi connectivity index (χ1v) is 5.77. The number of pyridine rings is 1. The molecule has 0 saturated carbocycles. The molecule has 2 heterocycles. The number of aromatic nitrogens is 3. The standard InChI is InChI=1S/C12H14F3N3/c1-4-7(2)11-17-16-10-6-9(12(13,14)15)5-8(3)18(10)11/h5-7H,4H2,1-3H3. The highest BCUT2D eigenvalue weighted by atomic mass is 19.4. The Bertz CT molecular complexity index is 572. The van der Waals surface area contributed by atoms with Crippen LogP contribution in [-0.4, -0.2) is 14.6 Å². The Morgan fingerprint density at radius 3 is 2.50 bits per heavy atom. The zero-order valence-electron chi connectivity index (χ0n) is 10.4. The summed E-state index contributed by atoms with van der Waals surface area (Å²) in [6, 6.07) is 2.16. The van der Waals surface area contributed by atoms with Crippen LogP contribution in [0.2, 0.25) is 0 Å². The van der Waals surface area contributed by atoms with Gasteiger partial charge < -0.3 is 0 Å². The average Bonchev–Trinajstić information content (AvgIpc) is 2.71. The number of nitrogens with zero attached hydrogens (tertiary/aromatic N) is 3. The van der Waals surface area contributed by atoms with Crippen molar-refractivity contribution in [1.29, 1.82) is 0 Å².